The minimum absolute atomic E-state index is 0.0717. The van der Waals surface area contributed by atoms with Crippen LogP contribution in [0.25, 0.3) is 22.0 Å². The van der Waals surface area contributed by atoms with Crippen LogP contribution in [-0.2, 0) is 9.53 Å². The molecule has 6 nitrogen and oxygen atoms in total. The fraction of sp³-hybridized carbons (Fsp3) is 0.185. The van der Waals surface area contributed by atoms with Gasteiger partial charge in [-0.25, -0.2) is 14.0 Å². The van der Waals surface area contributed by atoms with Crippen molar-refractivity contribution in [3.05, 3.63) is 95.4 Å². The number of aromatic nitrogens is 1. The van der Waals surface area contributed by atoms with Crippen molar-refractivity contribution in [3.8, 4) is 11.1 Å². The van der Waals surface area contributed by atoms with E-state index in [1.165, 1.54) is 6.07 Å². The number of ether oxygens (including phenoxy) is 1. The van der Waals surface area contributed by atoms with Crippen LogP contribution < -0.4 is 5.32 Å². The number of nitrogens with one attached hydrogen (secondary N) is 2. The Morgan fingerprint density at radius 3 is 2.32 bits per heavy atom. The highest BCUT2D eigenvalue weighted by atomic mass is 19.1. The second-order valence-corrected chi connectivity index (χ2v) is 8.48. The van der Waals surface area contributed by atoms with Gasteiger partial charge in [-0.05, 0) is 39.9 Å². The summed E-state index contributed by atoms with van der Waals surface area (Å²) in [6, 6.07) is 19.2. The molecule has 172 valence electrons. The number of rotatable bonds is 6. The van der Waals surface area contributed by atoms with Crippen molar-refractivity contribution < 1.29 is 23.8 Å². The molecule has 2 atom stereocenters. The first kappa shape index (κ1) is 21.7. The van der Waals surface area contributed by atoms with Crippen LogP contribution in [0.3, 0.4) is 0 Å². The molecule has 0 bridgehead atoms. The number of aromatic amines is 1. The van der Waals surface area contributed by atoms with Crippen LogP contribution in [0.5, 0.6) is 0 Å². The normalized spacial score (nSPS) is 14.3. The highest BCUT2D eigenvalue weighted by molar-refractivity contribution is 5.87. The largest absolute Gasteiger partial charge is 0.480 e. The Labute approximate surface area is 195 Å². The van der Waals surface area contributed by atoms with Gasteiger partial charge >= 0.3 is 12.1 Å². The summed E-state index contributed by atoms with van der Waals surface area (Å²) in [6.45, 7) is 1.71. The third-order valence-electron chi connectivity index (χ3n) is 6.56. The zero-order chi connectivity index (χ0) is 23.8. The summed E-state index contributed by atoms with van der Waals surface area (Å²) < 4.78 is 19.9. The van der Waals surface area contributed by atoms with Crippen LogP contribution >= 0.6 is 0 Å². The Morgan fingerprint density at radius 2 is 1.68 bits per heavy atom. The summed E-state index contributed by atoms with van der Waals surface area (Å²) in [5.74, 6) is -2.53. The fourth-order valence-electron chi connectivity index (χ4n) is 4.87. The number of halogens is 1. The van der Waals surface area contributed by atoms with Gasteiger partial charge in [0.1, 0.15) is 18.5 Å². The lowest BCUT2D eigenvalue weighted by Crippen LogP contribution is -2.44. The third-order valence-corrected chi connectivity index (χ3v) is 6.56. The van der Waals surface area contributed by atoms with Gasteiger partial charge in [-0.15, -0.1) is 0 Å². The summed E-state index contributed by atoms with van der Waals surface area (Å²) in [6.07, 6.45) is 0.745. The van der Waals surface area contributed by atoms with E-state index in [1.54, 1.807) is 25.3 Å². The minimum atomic E-state index is -1.30. The van der Waals surface area contributed by atoms with E-state index in [0.717, 1.165) is 22.3 Å². The van der Waals surface area contributed by atoms with Gasteiger partial charge < -0.3 is 20.1 Å². The number of hydrogen-bond donors (Lipinski definition) is 3. The van der Waals surface area contributed by atoms with Gasteiger partial charge in [0.25, 0.3) is 0 Å². The highest BCUT2D eigenvalue weighted by Crippen LogP contribution is 2.44. The molecule has 0 unspecified atom stereocenters. The molecule has 1 aromatic heterocycles. The topological polar surface area (TPSA) is 91.4 Å². The van der Waals surface area contributed by atoms with E-state index in [9.17, 15) is 19.1 Å². The van der Waals surface area contributed by atoms with E-state index < -0.39 is 29.8 Å². The highest BCUT2D eigenvalue weighted by Gasteiger charge is 2.32. The van der Waals surface area contributed by atoms with Crippen molar-refractivity contribution in [2.45, 2.75) is 24.8 Å². The lowest BCUT2D eigenvalue weighted by atomic mass is 9.93. The number of H-pyrrole nitrogens is 1. The number of alkyl carbamates (subject to hydrolysis) is 1. The van der Waals surface area contributed by atoms with E-state index in [1.807, 2.05) is 48.5 Å². The molecule has 7 heteroatoms. The predicted octanol–water partition coefficient (Wildman–Crippen LogP) is 5.40. The first-order chi connectivity index (χ1) is 16.5. The predicted molar refractivity (Wildman–Crippen MR) is 126 cm³/mol. The van der Waals surface area contributed by atoms with E-state index in [2.05, 4.69) is 10.3 Å². The maximum Gasteiger partial charge on any atom is 0.407 e. The summed E-state index contributed by atoms with van der Waals surface area (Å²) in [5, 5.41) is 12.6. The molecule has 5 rings (SSSR count). The molecule has 0 saturated heterocycles. The van der Waals surface area contributed by atoms with Crippen LogP contribution in [0.15, 0.2) is 72.9 Å². The number of hydrogen-bond acceptors (Lipinski definition) is 3. The zero-order valence-electron chi connectivity index (χ0n) is 18.4. The number of carboxylic acids is 1. The van der Waals surface area contributed by atoms with Crippen LogP contribution in [0, 0.1) is 5.82 Å². The molecule has 1 heterocycles. The zero-order valence-corrected chi connectivity index (χ0v) is 18.4. The van der Waals surface area contributed by atoms with Crippen LogP contribution in [0.2, 0.25) is 0 Å². The molecular weight excluding hydrogens is 435 g/mol. The minimum Gasteiger partial charge on any atom is -0.480 e. The SMILES string of the molecule is C[C@@H](c1c[nH]c2cccc(F)c12)[C@H](NC(=O)OCC1c2ccccc2-c2ccccc21)C(=O)O. The van der Waals surface area contributed by atoms with Gasteiger partial charge in [0.2, 0.25) is 0 Å². The van der Waals surface area contributed by atoms with Gasteiger partial charge in [-0.3, -0.25) is 0 Å². The fourth-order valence-corrected chi connectivity index (χ4v) is 4.87. The van der Waals surface area contributed by atoms with Crippen LogP contribution in [0.4, 0.5) is 9.18 Å². The Morgan fingerprint density at radius 1 is 1.03 bits per heavy atom. The van der Waals surface area contributed by atoms with Gasteiger partial charge in [-0.1, -0.05) is 61.5 Å². The van der Waals surface area contributed by atoms with E-state index in [4.69, 9.17) is 4.74 Å². The number of carbonyl (C=O) groups is 2. The number of aliphatic carboxylic acids is 1. The van der Waals surface area contributed by atoms with Crippen LogP contribution in [0.1, 0.15) is 35.4 Å². The monoisotopic (exact) mass is 458 g/mol. The van der Waals surface area contributed by atoms with Gasteiger partial charge in [0.15, 0.2) is 0 Å². The average Bonchev–Trinajstić information content (AvgIpc) is 3.41. The quantitative estimate of drug-likeness (QED) is 0.361. The van der Waals surface area contributed by atoms with Crippen LogP contribution in [-0.4, -0.2) is 34.8 Å². The lowest BCUT2D eigenvalue weighted by molar-refractivity contribution is -0.139. The van der Waals surface area contributed by atoms with Crippen molar-refractivity contribution in [2.75, 3.05) is 6.61 Å². The molecule has 0 fully saturated rings. The van der Waals surface area contributed by atoms with Crippen molar-refractivity contribution in [1.82, 2.24) is 10.3 Å². The van der Waals surface area contributed by atoms with E-state index in [-0.39, 0.29) is 12.5 Å². The molecule has 0 spiro atoms. The third kappa shape index (κ3) is 3.69. The molecule has 0 saturated carbocycles. The first-order valence-electron chi connectivity index (χ1n) is 11.1. The molecule has 1 aliphatic rings. The molecule has 34 heavy (non-hydrogen) atoms. The smallest absolute Gasteiger partial charge is 0.407 e. The number of carboxylic acid groups (broad SMARTS) is 1. The maximum atomic E-state index is 14.4. The van der Waals surface area contributed by atoms with E-state index >= 15 is 0 Å². The molecule has 0 aliphatic heterocycles. The van der Waals surface area contributed by atoms with Crippen molar-refractivity contribution in [2.24, 2.45) is 0 Å². The molecule has 4 aromatic rings. The summed E-state index contributed by atoms with van der Waals surface area (Å²) in [5.41, 5.74) is 5.37. The summed E-state index contributed by atoms with van der Waals surface area (Å²) >= 11 is 0. The molecule has 1 aliphatic carbocycles. The van der Waals surface area contributed by atoms with Gasteiger partial charge in [0.05, 0.1) is 0 Å². The van der Waals surface area contributed by atoms with Crippen molar-refractivity contribution >= 4 is 23.0 Å². The number of benzene rings is 3. The molecular formula is C27H23FN2O4. The van der Waals surface area contributed by atoms with E-state index in [0.29, 0.717) is 16.5 Å². The second-order valence-electron chi connectivity index (χ2n) is 8.48. The van der Waals surface area contributed by atoms with Crippen molar-refractivity contribution in [1.29, 1.82) is 0 Å². The molecule has 0 radical (unpaired) electrons. The summed E-state index contributed by atoms with van der Waals surface area (Å²) in [4.78, 5) is 27.6. The van der Waals surface area contributed by atoms with Crippen molar-refractivity contribution in [3.63, 3.8) is 0 Å². The molecule has 1 amide bonds. The molecule has 3 N–H and O–H groups in total. The Kier molecular flexibility index (Phi) is 5.53. The second kappa shape index (κ2) is 8.67. The Hall–Kier alpha value is -4.13. The number of carbonyl (C=O) groups excluding carboxylic acids is 1. The molecule has 3 aromatic carbocycles. The van der Waals surface area contributed by atoms with Gasteiger partial charge in [-0.2, -0.15) is 0 Å². The number of fused-ring (bicyclic) bond motifs is 4. The van der Waals surface area contributed by atoms with Gasteiger partial charge in [0, 0.05) is 28.9 Å². The average molecular weight is 458 g/mol. The Bertz CT molecular complexity index is 1350. The summed E-state index contributed by atoms with van der Waals surface area (Å²) in [7, 11) is 0. The first-order valence-corrected chi connectivity index (χ1v) is 11.1. The number of amides is 1. The Balaban J connectivity index is 1.33. The maximum absolute atomic E-state index is 14.4. The lowest BCUT2D eigenvalue weighted by Gasteiger charge is -2.22. The standard InChI is InChI=1S/C27H23FN2O4/c1-15(20-13-29-23-12-6-11-22(28)24(20)23)25(26(31)32)30-27(33)34-14-21-18-9-4-2-7-16(18)17-8-3-5-10-19(17)21/h2-13,15,21,25,29H,14H2,1H3,(H,30,33)(H,31,32)/t15-,25-/m0/s1.